The van der Waals surface area contributed by atoms with Gasteiger partial charge in [0.15, 0.2) is 11.5 Å². The Labute approximate surface area is 126 Å². The molecule has 1 aromatic carbocycles. The van der Waals surface area contributed by atoms with Crippen LogP contribution in [0, 0.1) is 5.92 Å². The van der Waals surface area contributed by atoms with Crippen molar-refractivity contribution in [2.45, 2.75) is 18.9 Å². The average Bonchev–Trinajstić information content (AvgIpc) is 2.49. The lowest BCUT2D eigenvalue weighted by Gasteiger charge is -2.34. The predicted octanol–water partition coefficient (Wildman–Crippen LogP) is 1.57. The molecule has 5 heteroatoms. The molecule has 0 bridgehead atoms. The van der Waals surface area contributed by atoms with Crippen molar-refractivity contribution in [3.05, 3.63) is 17.7 Å². The van der Waals surface area contributed by atoms with Gasteiger partial charge in [0.1, 0.15) is 0 Å². The summed E-state index contributed by atoms with van der Waals surface area (Å²) in [7, 11) is 6.92. The van der Waals surface area contributed by atoms with Gasteiger partial charge < -0.3 is 24.2 Å². The van der Waals surface area contributed by atoms with Gasteiger partial charge in [-0.3, -0.25) is 0 Å². The fraction of sp³-hybridized carbons (Fsp3) is 0.625. The summed E-state index contributed by atoms with van der Waals surface area (Å²) in [5.74, 6) is 2.15. The number of nitrogens with zero attached hydrogens (tertiary/aromatic N) is 1. The first-order chi connectivity index (χ1) is 10.1. The molecular formula is C16H25NO4. The number of ether oxygens (including phenoxy) is 3. The maximum absolute atomic E-state index is 10.2. The highest BCUT2D eigenvalue weighted by Gasteiger charge is 2.26. The van der Waals surface area contributed by atoms with Gasteiger partial charge in [-0.25, -0.2) is 0 Å². The quantitative estimate of drug-likeness (QED) is 0.893. The monoisotopic (exact) mass is 295 g/mol. The third-order valence-electron chi connectivity index (χ3n) is 4.12. The Morgan fingerprint density at radius 1 is 1.14 bits per heavy atom. The number of hydrogen-bond donors (Lipinski definition) is 1. The van der Waals surface area contributed by atoms with Crippen molar-refractivity contribution in [1.29, 1.82) is 0 Å². The van der Waals surface area contributed by atoms with E-state index in [0.717, 1.165) is 31.5 Å². The molecule has 0 aliphatic carbocycles. The number of benzene rings is 1. The van der Waals surface area contributed by atoms with Crippen LogP contribution >= 0.6 is 0 Å². The molecule has 1 aromatic rings. The Balaban J connectivity index is 2.23. The number of aliphatic hydroxyl groups excluding tert-OH is 1. The second-order valence-electron chi connectivity index (χ2n) is 5.62. The number of aliphatic hydroxyl groups is 1. The van der Waals surface area contributed by atoms with E-state index in [9.17, 15) is 5.11 Å². The Bertz CT molecular complexity index is 452. The number of piperidine rings is 1. The molecule has 1 aliphatic heterocycles. The number of likely N-dealkylation sites (tertiary alicyclic amines) is 1. The van der Waals surface area contributed by atoms with E-state index < -0.39 is 0 Å². The van der Waals surface area contributed by atoms with Crippen LogP contribution in [-0.4, -0.2) is 57.6 Å². The van der Waals surface area contributed by atoms with E-state index in [1.807, 2.05) is 12.1 Å². The molecule has 1 aliphatic rings. The van der Waals surface area contributed by atoms with Crippen molar-refractivity contribution in [3.8, 4) is 17.2 Å². The standard InChI is InChI=1S/C16H25NO4/c1-17-6-5-13(18)12(10-17)7-11-8-14(19-2)16(21-4)15(9-11)20-3/h8-9,12-13,18H,5-7,10H2,1-4H3. The molecule has 1 fully saturated rings. The molecule has 2 unspecified atom stereocenters. The smallest absolute Gasteiger partial charge is 0.203 e. The Hall–Kier alpha value is -1.46. The number of methoxy groups -OCH3 is 3. The van der Waals surface area contributed by atoms with Crippen molar-refractivity contribution < 1.29 is 19.3 Å². The fourth-order valence-corrected chi connectivity index (χ4v) is 2.96. The van der Waals surface area contributed by atoms with Crippen LogP contribution in [-0.2, 0) is 6.42 Å². The SMILES string of the molecule is COc1cc(CC2CN(C)CCC2O)cc(OC)c1OC. The number of hydrogen-bond acceptors (Lipinski definition) is 5. The third-order valence-corrected chi connectivity index (χ3v) is 4.12. The van der Waals surface area contributed by atoms with Crippen LogP contribution < -0.4 is 14.2 Å². The normalized spacial score (nSPS) is 22.9. The second kappa shape index (κ2) is 7.00. The lowest BCUT2D eigenvalue weighted by molar-refractivity contribution is 0.0366. The Morgan fingerprint density at radius 3 is 2.29 bits per heavy atom. The van der Waals surface area contributed by atoms with Crippen LogP contribution in [0.5, 0.6) is 17.2 Å². The minimum absolute atomic E-state index is 0.228. The van der Waals surface area contributed by atoms with Crippen LogP contribution in [0.25, 0.3) is 0 Å². The molecule has 1 heterocycles. The molecule has 0 amide bonds. The summed E-state index contributed by atoms with van der Waals surface area (Å²) in [6.45, 7) is 1.85. The van der Waals surface area contributed by atoms with Crippen LogP contribution in [0.4, 0.5) is 0 Å². The van der Waals surface area contributed by atoms with Crippen LogP contribution in [0.1, 0.15) is 12.0 Å². The highest BCUT2D eigenvalue weighted by Crippen LogP contribution is 2.39. The summed E-state index contributed by atoms with van der Waals surface area (Å²) in [6.07, 6.45) is 1.37. The number of rotatable bonds is 5. The van der Waals surface area contributed by atoms with Crippen LogP contribution in [0.3, 0.4) is 0 Å². The highest BCUT2D eigenvalue weighted by atomic mass is 16.5. The van der Waals surface area contributed by atoms with Gasteiger partial charge in [0, 0.05) is 19.0 Å². The highest BCUT2D eigenvalue weighted by molar-refractivity contribution is 5.53. The first-order valence-electron chi connectivity index (χ1n) is 7.24. The molecule has 21 heavy (non-hydrogen) atoms. The summed E-state index contributed by atoms with van der Waals surface area (Å²) in [5, 5.41) is 10.2. The lowest BCUT2D eigenvalue weighted by atomic mass is 9.89. The summed E-state index contributed by atoms with van der Waals surface area (Å²) >= 11 is 0. The zero-order valence-corrected chi connectivity index (χ0v) is 13.3. The van der Waals surface area contributed by atoms with Crippen molar-refractivity contribution in [2.75, 3.05) is 41.5 Å². The topological polar surface area (TPSA) is 51.2 Å². The first-order valence-corrected chi connectivity index (χ1v) is 7.24. The molecule has 0 aromatic heterocycles. The molecule has 118 valence electrons. The summed E-state index contributed by atoms with van der Waals surface area (Å²) in [6, 6.07) is 3.92. The molecule has 2 rings (SSSR count). The van der Waals surface area contributed by atoms with E-state index in [4.69, 9.17) is 14.2 Å². The molecule has 0 spiro atoms. The second-order valence-corrected chi connectivity index (χ2v) is 5.62. The van der Waals surface area contributed by atoms with E-state index in [1.165, 1.54) is 0 Å². The van der Waals surface area contributed by atoms with E-state index in [2.05, 4.69) is 11.9 Å². The molecule has 1 N–H and O–H groups in total. The Kier molecular flexibility index (Phi) is 5.31. The maximum atomic E-state index is 10.2. The van der Waals surface area contributed by atoms with Gasteiger partial charge in [0.2, 0.25) is 5.75 Å². The van der Waals surface area contributed by atoms with Crippen molar-refractivity contribution in [2.24, 2.45) is 5.92 Å². The lowest BCUT2D eigenvalue weighted by Crippen LogP contribution is -2.41. The molecule has 2 atom stereocenters. The van der Waals surface area contributed by atoms with Gasteiger partial charge in [0.05, 0.1) is 27.4 Å². The summed E-state index contributed by atoms with van der Waals surface area (Å²) in [4.78, 5) is 2.26. The van der Waals surface area contributed by atoms with Crippen LogP contribution in [0.2, 0.25) is 0 Å². The summed E-state index contributed by atoms with van der Waals surface area (Å²) in [5.41, 5.74) is 1.09. The van der Waals surface area contributed by atoms with Gasteiger partial charge in [-0.05, 0) is 37.6 Å². The van der Waals surface area contributed by atoms with Crippen molar-refractivity contribution in [3.63, 3.8) is 0 Å². The first kappa shape index (κ1) is 15.9. The Morgan fingerprint density at radius 2 is 1.76 bits per heavy atom. The average molecular weight is 295 g/mol. The van der Waals surface area contributed by atoms with E-state index in [0.29, 0.717) is 17.2 Å². The van der Waals surface area contributed by atoms with Gasteiger partial charge >= 0.3 is 0 Å². The van der Waals surface area contributed by atoms with Crippen molar-refractivity contribution >= 4 is 0 Å². The minimum atomic E-state index is -0.250. The van der Waals surface area contributed by atoms with Crippen molar-refractivity contribution in [1.82, 2.24) is 4.90 Å². The molecule has 5 nitrogen and oxygen atoms in total. The molecular weight excluding hydrogens is 270 g/mol. The van der Waals surface area contributed by atoms with E-state index >= 15 is 0 Å². The van der Waals surface area contributed by atoms with Crippen LogP contribution in [0.15, 0.2) is 12.1 Å². The summed E-state index contributed by atoms with van der Waals surface area (Å²) < 4.78 is 16.1. The maximum Gasteiger partial charge on any atom is 0.203 e. The largest absolute Gasteiger partial charge is 0.493 e. The zero-order chi connectivity index (χ0) is 15.4. The molecule has 0 radical (unpaired) electrons. The van der Waals surface area contributed by atoms with E-state index in [-0.39, 0.29) is 12.0 Å². The predicted molar refractivity (Wildman–Crippen MR) is 81.4 cm³/mol. The third kappa shape index (κ3) is 3.60. The van der Waals surface area contributed by atoms with Gasteiger partial charge in [-0.2, -0.15) is 0 Å². The minimum Gasteiger partial charge on any atom is -0.493 e. The zero-order valence-electron chi connectivity index (χ0n) is 13.3. The molecule has 0 saturated carbocycles. The molecule has 1 saturated heterocycles. The van der Waals surface area contributed by atoms with Gasteiger partial charge in [-0.1, -0.05) is 0 Å². The van der Waals surface area contributed by atoms with E-state index in [1.54, 1.807) is 21.3 Å². The van der Waals surface area contributed by atoms with Gasteiger partial charge in [-0.15, -0.1) is 0 Å². The fourth-order valence-electron chi connectivity index (χ4n) is 2.96. The van der Waals surface area contributed by atoms with Gasteiger partial charge in [0.25, 0.3) is 0 Å².